The summed E-state index contributed by atoms with van der Waals surface area (Å²) >= 11 is 3.44. The van der Waals surface area contributed by atoms with Gasteiger partial charge in [-0.25, -0.2) is 0 Å². The van der Waals surface area contributed by atoms with Crippen molar-refractivity contribution in [3.8, 4) is 5.75 Å². The Balaban J connectivity index is 0.00000361. The van der Waals surface area contributed by atoms with Gasteiger partial charge in [-0.05, 0) is 59.4 Å². The summed E-state index contributed by atoms with van der Waals surface area (Å²) in [5, 5.41) is 2.89. The minimum atomic E-state index is 0. The monoisotopic (exact) mass is 364 g/mol. The maximum absolute atomic E-state index is 11.6. The van der Waals surface area contributed by atoms with Crippen molar-refractivity contribution < 1.29 is 9.53 Å². The molecular formula is C14H22BrClN2O2. The predicted molar refractivity (Wildman–Crippen MR) is 87.6 cm³/mol. The third-order valence-electron chi connectivity index (χ3n) is 2.81. The molecule has 1 aromatic rings. The van der Waals surface area contributed by atoms with Crippen LogP contribution in [-0.2, 0) is 11.2 Å². The Bertz CT molecular complexity index is 416. The van der Waals surface area contributed by atoms with E-state index in [2.05, 4.69) is 21.2 Å². The molecule has 6 heteroatoms. The van der Waals surface area contributed by atoms with Gasteiger partial charge in [0.2, 0.25) is 5.91 Å². The number of ether oxygens (including phenoxy) is 1. The highest BCUT2D eigenvalue weighted by Gasteiger charge is 2.04. The van der Waals surface area contributed by atoms with Crippen LogP contribution in [0.4, 0.5) is 0 Å². The number of rotatable bonds is 8. The van der Waals surface area contributed by atoms with Gasteiger partial charge in [-0.2, -0.15) is 0 Å². The number of methoxy groups -OCH3 is 1. The highest BCUT2D eigenvalue weighted by Crippen LogP contribution is 2.25. The molecule has 0 unspecified atom stereocenters. The van der Waals surface area contributed by atoms with Crippen molar-refractivity contribution in [1.82, 2.24) is 5.32 Å². The molecular weight excluding hydrogens is 344 g/mol. The van der Waals surface area contributed by atoms with Gasteiger partial charge in [0.1, 0.15) is 5.75 Å². The summed E-state index contributed by atoms with van der Waals surface area (Å²) in [5.74, 6) is 0.888. The van der Waals surface area contributed by atoms with Gasteiger partial charge in [0, 0.05) is 13.0 Å². The normalized spacial score (nSPS) is 9.75. The Morgan fingerprint density at radius 1 is 1.40 bits per heavy atom. The number of carbonyl (C=O) groups is 1. The molecule has 3 N–H and O–H groups in total. The molecule has 0 aliphatic carbocycles. The second-order valence-electron chi connectivity index (χ2n) is 4.31. The van der Waals surface area contributed by atoms with Crippen LogP contribution in [0.2, 0.25) is 0 Å². The number of carbonyl (C=O) groups excluding carboxylic acids is 1. The van der Waals surface area contributed by atoms with Gasteiger partial charge in [0.05, 0.1) is 11.6 Å². The summed E-state index contributed by atoms with van der Waals surface area (Å²) in [7, 11) is 1.63. The van der Waals surface area contributed by atoms with Crippen molar-refractivity contribution in [3.63, 3.8) is 0 Å². The van der Waals surface area contributed by atoms with E-state index in [0.29, 0.717) is 19.5 Å². The van der Waals surface area contributed by atoms with Crippen LogP contribution >= 0.6 is 28.3 Å². The zero-order valence-electron chi connectivity index (χ0n) is 11.7. The molecule has 0 saturated heterocycles. The maximum Gasteiger partial charge on any atom is 0.220 e. The molecule has 1 amide bonds. The highest BCUT2D eigenvalue weighted by atomic mass is 79.9. The zero-order valence-corrected chi connectivity index (χ0v) is 14.1. The van der Waals surface area contributed by atoms with Crippen LogP contribution in [0, 0.1) is 0 Å². The van der Waals surface area contributed by atoms with Crippen LogP contribution in [0.5, 0.6) is 5.75 Å². The molecule has 0 aromatic heterocycles. The fourth-order valence-electron chi connectivity index (χ4n) is 1.71. The van der Waals surface area contributed by atoms with E-state index in [9.17, 15) is 4.79 Å². The number of nitrogens with two attached hydrogens (primary N) is 1. The minimum Gasteiger partial charge on any atom is -0.496 e. The van der Waals surface area contributed by atoms with Crippen molar-refractivity contribution >= 4 is 34.2 Å². The SMILES string of the molecule is COc1ccc(CCC(=O)NCCCCN)cc1Br.Cl. The Hall–Kier alpha value is -0.780. The predicted octanol–water partition coefficient (Wildman–Crippen LogP) is 2.67. The van der Waals surface area contributed by atoms with E-state index in [4.69, 9.17) is 10.5 Å². The van der Waals surface area contributed by atoms with Gasteiger partial charge >= 0.3 is 0 Å². The van der Waals surface area contributed by atoms with Crippen LogP contribution in [0.25, 0.3) is 0 Å². The third kappa shape index (κ3) is 7.12. The standard InChI is InChI=1S/C14H21BrN2O2.ClH/c1-19-13-6-4-11(10-12(13)15)5-7-14(18)17-9-3-2-8-16;/h4,6,10H,2-3,5,7-9,16H2,1H3,(H,17,18);1H. The van der Waals surface area contributed by atoms with Crippen molar-refractivity contribution in [2.24, 2.45) is 5.73 Å². The first kappa shape index (κ1) is 19.2. The summed E-state index contributed by atoms with van der Waals surface area (Å²) in [5.41, 5.74) is 6.51. The number of benzene rings is 1. The maximum atomic E-state index is 11.6. The first-order chi connectivity index (χ1) is 9.17. The van der Waals surface area contributed by atoms with E-state index in [-0.39, 0.29) is 18.3 Å². The molecule has 1 rings (SSSR count). The molecule has 0 spiro atoms. The molecule has 0 fully saturated rings. The second kappa shape index (κ2) is 10.9. The van der Waals surface area contributed by atoms with Crippen molar-refractivity contribution in [2.45, 2.75) is 25.7 Å². The van der Waals surface area contributed by atoms with Crippen LogP contribution in [0.1, 0.15) is 24.8 Å². The van der Waals surface area contributed by atoms with E-state index >= 15 is 0 Å². The van der Waals surface area contributed by atoms with Crippen molar-refractivity contribution in [3.05, 3.63) is 28.2 Å². The minimum absolute atomic E-state index is 0. The van der Waals surface area contributed by atoms with E-state index in [1.165, 1.54) is 0 Å². The molecule has 0 bridgehead atoms. The molecule has 114 valence electrons. The lowest BCUT2D eigenvalue weighted by molar-refractivity contribution is -0.121. The molecule has 0 atom stereocenters. The van der Waals surface area contributed by atoms with E-state index in [1.807, 2.05) is 18.2 Å². The van der Waals surface area contributed by atoms with Gasteiger partial charge < -0.3 is 15.8 Å². The lowest BCUT2D eigenvalue weighted by atomic mass is 10.1. The summed E-state index contributed by atoms with van der Waals surface area (Å²) in [6.45, 7) is 1.39. The number of halogens is 2. The van der Waals surface area contributed by atoms with Crippen LogP contribution in [0.15, 0.2) is 22.7 Å². The largest absolute Gasteiger partial charge is 0.496 e. The molecule has 0 heterocycles. The lowest BCUT2D eigenvalue weighted by Crippen LogP contribution is -2.25. The Kier molecular flexibility index (Phi) is 10.5. The second-order valence-corrected chi connectivity index (χ2v) is 5.17. The average Bonchev–Trinajstić information content (AvgIpc) is 2.41. The van der Waals surface area contributed by atoms with Crippen molar-refractivity contribution in [2.75, 3.05) is 20.2 Å². The molecule has 0 aliphatic heterocycles. The zero-order chi connectivity index (χ0) is 14.1. The molecule has 0 aliphatic rings. The summed E-state index contributed by atoms with van der Waals surface area (Å²) < 4.78 is 6.08. The number of hydrogen-bond donors (Lipinski definition) is 2. The van der Waals surface area contributed by atoms with Gasteiger partial charge in [0.25, 0.3) is 0 Å². The van der Waals surface area contributed by atoms with Crippen LogP contribution in [-0.4, -0.2) is 26.1 Å². The summed E-state index contributed by atoms with van der Waals surface area (Å²) in [6.07, 6.45) is 3.12. The van der Waals surface area contributed by atoms with Crippen molar-refractivity contribution in [1.29, 1.82) is 0 Å². The van der Waals surface area contributed by atoms with Gasteiger partial charge in [-0.3, -0.25) is 4.79 Å². The van der Waals surface area contributed by atoms with Crippen LogP contribution < -0.4 is 15.8 Å². The Morgan fingerprint density at radius 2 is 2.15 bits per heavy atom. The van der Waals surface area contributed by atoms with E-state index in [0.717, 1.165) is 35.0 Å². The fourth-order valence-corrected chi connectivity index (χ4v) is 2.30. The average molecular weight is 366 g/mol. The first-order valence-corrected chi connectivity index (χ1v) is 7.26. The highest BCUT2D eigenvalue weighted by molar-refractivity contribution is 9.10. The Morgan fingerprint density at radius 3 is 2.75 bits per heavy atom. The number of hydrogen-bond acceptors (Lipinski definition) is 3. The molecule has 4 nitrogen and oxygen atoms in total. The van der Waals surface area contributed by atoms with Gasteiger partial charge in [-0.1, -0.05) is 6.07 Å². The number of unbranched alkanes of at least 4 members (excludes halogenated alkanes) is 1. The number of aryl methyl sites for hydroxylation is 1. The van der Waals surface area contributed by atoms with Crippen LogP contribution in [0.3, 0.4) is 0 Å². The third-order valence-corrected chi connectivity index (χ3v) is 3.43. The number of nitrogens with one attached hydrogen (secondary N) is 1. The first-order valence-electron chi connectivity index (χ1n) is 6.46. The fraction of sp³-hybridized carbons (Fsp3) is 0.500. The molecule has 1 aromatic carbocycles. The summed E-state index contributed by atoms with van der Waals surface area (Å²) in [6, 6.07) is 5.87. The molecule has 20 heavy (non-hydrogen) atoms. The van der Waals surface area contributed by atoms with E-state index in [1.54, 1.807) is 7.11 Å². The topological polar surface area (TPSA) is 64.3 Å². The van der Waals surface area contributed by atoms with E-state index < -0.39 is 0 Å². The smallest absolute Gasteiger partial charge is 0.220 e. The Labute approximate surface area is 135 Å². The number of amides is 1. The molecule has 0 saturated carbocycles. The van der Waals surface area contributed by atoms with Gasteiger partial charge in [-0.15, -0.1) is 12.4 Å². The van der Waals surface area contributed by atoms with Gasteiger partial charge in [0.15, 0.2) is 0 Å². The molecule has 0 radical (unpaired) electrons. The lowest BCUT2D eigenvalue weighted by Gasteiger charge is -2.07. The quantitative estimate of drug-likeness (QED) is 0.696. The summed E-state index contributed by atoms with van der Waals surface area (Å²) in [4.78, 5) is 11.6.